The Hall–Kier alpha value is -4.07. The van der Waals surface area contributed by atoms with Crippen molar-refractivity contribution in [3.63, 3.8) is 0 Å². The van der Waals surface area contributed by atoms with Crippen molar-refractivity contribution < 1.29 is 28.9 Å². The maximum atomic E-state index is 12.4. The molecular formula is C22H17N2O6-. The molecule has 0 saturated heterocycles. The normalized spacial score (nSPS) is 15.1. The van der Waals surface area contributed by atoms with E-state index in [1.807, 2.05) is 36.4 Å². The summed E-state index contributed by atoms with van der Waals surface area (Å²) in [6.07, 6.45) is 0.494. The molecule has 0 radical (unpaired) electrons. The zero-order chi connectivity index (χ0) is 20.9. The minimum absolute atomic E-state index is 0.0536. The summed E-state index contributed by atoms with van der Waals surface area (Å²) in [5.41, 5.74) is 2.90. The number of hydrogen-bond donors (Lipinski definition) is 1. The van der Waals surface area contributed by atoms with E-state index in [0.717, 1.165) is 10.8 Å². The van der Waals surface area contributed by atoms with Gasteiger partial charge >= 0.3 is 0 Å². The predicted octanol–water partition coefficient (Wildman–Crippen LogP) is 1.26. The number of nitrogens with one attached hydrogen (secondary N) is 1. The molecule has 30 heavy (non-hydrogen) atoms. The maximum Gasteiger partial charge on any atom is 0.284 e. The minimum atomic E-state index is -1.34. The van der Waals surface area contributed by atoms with E-state index in [1.54, 1.807) is 24.3 Å². The second kappa shape index (κ2) is 8.52. The van der Waals surface area contributed by atoms with Gasteiger partial charge in [-0.1, -0.05) is 36.4 Å². The van der Waals surface area contributed by atoms with E-state index in [2.05, 4.69) is 10.5 Å². The van der Waals surface area contributed by atoms with Gasteiger partial charge in [0, 0.05) is 5.56 Å². The number of nitrogens with zero attached hydrogens (tertiary/aromatic N) is 1. The van der Waals surface area contributed by atoms with Gasteiger partial charge in [-0.15, -0.1) is 0 Å². The summed E-state index contributed by atoms with van der Waals surface area (Å²) >= 11 is 0. The Morgan fingerprint density at radius 1 is 1.10 bits per heavy atom. The van der Waals surface area contributed by atoms with Crippen molar-refractivity contribution in [1.82, 2.24) is 5.43 Å². The van der Waals surface area contributed by atoms with Gasteiger partial charge in [0.25, 0.3) is 5.91 Å². The number of carboxylic acids is 1. The largest absolute Gasteiger partial charge is 0.546 e. The summed E-state index contributed by atoms with van der Waals surface area (Å²) in [6.45, 7) is -0.531. The molecule has 0 fully saturated rings. The van der Waals surface area contributed by atoms with Gasteiger partial charge in [-0.05, 0) is 35.0 Å². The van der Waals surface area contributed by atoms with Crippen molar-refractivity contribution in [3.8, 4) is 17.2 Å². The lowest BCUT2D eigenvalue weighted by atomic mass is 10.1. The van der Waals surface area contributed by atoms with Gasteiger partial charge in [-0.25, -0.2) is 5.43 Å². The smallest absolute Gasteiger partial charge is 0.284 e. The number of carboxylic acid groups (broad SMARTS) is 1. The fourth-order valence-electron chi connectivity index (χ4n) is 2.98. The van der Waals surface area contributed by atoms with Crippen LogP contribution in [0.15, 0.2) is 65.8 Å². The van der Waals surface area contributed by atoms with Crippen LogP contribution in [0.5, 0.6) is 17.2 Å². The van der Waals surface area contributed by atoms with Crippen molar-refractivity contribution in [1.29, 1.82) is 0 Å². The number of carbonyl (C=O) groups is 2. The summed E-state index contributed by atoms with van der Waals surface area (Å²) in [7, 11) is 0. The van der Waals surface area contributed by atoms with Crippen LogP contribution >= 0.6 is 0 Å². The first kappa shape index (κ1) is 19.3. The highest BCUT2D eigenvalue weighted by molar-refractivity contribution is 5.88. The van der Waals surface area contributed by atoms with Crippen LogP contribution in [-0.4, -0.2) is 37.4 Å². The number of rotatable bonds is 6. The molecule has 0 aromatic heterocycles. The van der Waals surface area contributed by atoms with Gasteiger partial charge < -0.3 is 24.1 Å². The van der Waals surface area contributed by atoms with Crippen LogP contribution in [0.25, 0.3) is 10.8 Å². The van der Waals surface area contributed by atoms with Gasteiger partial charge in [-0.3, -0.25) is 4.79 Å². The van der Waals surface area contributed by atoms with E-state index in [9.17, 15) is 14.7 Å². The molecular weight excluding hydrogens is 388 g/mol. The lowest BCUT2D eigenvalue weighted by Gasteiger charge is -2.25. The Bertz CT molecular complexity index is 1130. The lowest BCUT2D eigenvalue weighted by Crippen LogP contribution is -2.42. The Morgan fingerprint density at radius 2 is 1.80 bits per heavy atom. The third-order valence-electron chi connectivity index (χ3n) is 4.41. The Balaban J connectivity index is 1.41. The maximum absolute atomic E-state index is 12.4. The molecule has 0 spiro atoms. The number of benzene rings is 3. The van der Waals surface area contributed by atoms with Crippen molar-refractivity contribution in [2.75, 3.05) is 13.2 Å². The SMILES string of the molecule is O=C([O-])COc1ccccc1/C=N\NC(=O)[C@H]1COc2cc3ccccc3cc2O1. The van der Waals surface area contributed by atoms with Gasteiger partial charge in [-0.2, -0.15) is 5.10 Å². The molecule has 8 heteroatoms. The van der Waals surface area contributed by atoms with Crippen LogP contribution in [0.2, 0.25) is 0 Å². The zero-order valence-electron chi connectivity index (χ0n) is 15.7. The van der Waals surface area contributed by atoms with Crippen molar-refractivity contribution in [2.24, 2.45) is 5.10 Å². The second-order valence-electron chi connectivity index (χ2n) is 6.50. The number of fused-ring (bicyclic) bond motifs is 2. The Labute approximate surface area is 171 Å². The standard InChI is InChI=1S/C22H18N2O6/c25-21(26)13-29-17-8-4-3-7-16(17)11-23-24-22(27)20-12-28-18-9-14-5-1-2-6-15(14)10-19(18)30-20/h1-11,20H,12-13H2,(H,24,27)(H,25,26)/p-1/b23-11-/t20-/m1/s1. The number of ether oxygens (including phenoxy) is 3. The fraction of sp³-hybridized carbons (Fsp3) is 0.136. The number of hydrazone groups is 1. The summed E-state index contributed by atoms with van der Waals surface area (Å²) in [5, 5.41) is 16.5. The van der Waals surface area contributed by atoms with E-state index in [1.165, 1.54) is 6.21 Å². The highest BCUT2D eigenvalue weighted by Crippen LogP contribution is 2.35. The highest BCUT2D eigenvalue weighted by Gasteiger charge is 2.27. The molecule has 1 aliphatic rings. The second-order valence-corrected chi connectivity index (χ2v) is 6.50. The summed E-state index contributed by atoms with van der Waals surface area (Å²) in [5.74, 6) is -0.432. The average molecular weight is 405 g/mol. The topological polar surface area (TPSA) is 109 Å². The van der Waals surface area contributed by atoms with Crippen molar-refractivity contribution in [3.05, 3.63) is 66.2 Å². The molecule has 3 aromatic rings. The van der Waals surface area contributed by atoms with Crippen molar-refractivity contribution >= 4 is 28.9 Å². The monoisotopic (exact) mass is 405 g/mol. The van der Waals surface area contributed by atoms with E-state index in [-0.39, 0.29) is 6.61 Å². The van der Waals surface area contributed by atoms with Crippen LogP contribution in [0.4, 0.5) is 0 Å². The third kappa shape index (κ3) is 4.33. The summed E-state index contributed by atoms with van der Waals surface area (Å²) in [6, 6.07) is 18.2. The summed E-state index contributed by atoms with van der Waals surface area (Å²) in [4.78, 5) is 23.0. The summed E-state index contributed by atoms with van der Waals surface area (Å²) < 4.78 is 16.6. The first-order valence-electron chi connectivity index (χ1n) is 9.17. The molecule has 0 unspecified atom stereocenters. The highest BCUT2D eigenvalue weighted by atomic mass is 16.6. The van der Waals surface area contributed by atoms with E-state index < -0.39 is 24.6 Å². The molecule has 1 amide bonds. The van der Waals surface area contributed by atoms with Crippen LogP contribution in [0.3, 0.4) is 0 Å². The van der Waals surface area contributed by atoms with E-state index in [4.69, 9.17) is 14.2 Å². The molecule has 8 nitrogen and oxygen atoms in total. The lowest BCUT2D eigenvalue weighted by molar-refractivity contribution is -0.307. The molecule has 3 aromatic carbocycles. The molecule has 0 saturated carbocycles. The first-order chi connectivity index (χ1) is 14.6. The molecule has 1 N–H and O–H groups in total. The molecule has 152 valence electrons. The van der Waals surface area contributed by atoms with Gasteiger partial charge in [0.05, 0.1) is 12.2 Å². The number of para-hydroxylation sites is 1. The quantitative estimate of drug-likeness (QED) is 0.488. The number of amides is 1. The molecule has 1 atom stereocenters. The molecule has 4 rings (SSSR count). The van der Waals surface area contributed by atoms with E-state index >= 15 is 0 Å². The number of carbonyl (C=O) groups excluding carboxylic acids is 2. The molecule has 0 aliphatic carbocycles. The zero-order valence-corrected chi connectivity index (χ0v) is 15.7. The van der Waals surface area contributed by atoms with Gasteiger partial charge in [0.15, 0.2) is 11.5 Å². The Morgan fingerprint density at radius 3 is 2.57 bits per heavy atom. The average Bonchev–Trinajstić information content (AvgIpc) is 2.76. The van der Waals surface area contributed by atoms with E-state index in [0.29, 0.717) is 22.8 Å². The van der Waals surface area contributed by atoms with Crippen LogP contribution in [0.1, 0.15) is 5.56 Å². The fourth-order valence-corrected chi connectivity index (χ4v) is 2.98. The molecule has 1 heterocycles. The van der Waals surface area contributed by atoms with Crippen LogP contribution in [0, 0.1) is 0 Å². The van der Waals surface area contributed by atoms with Crippen LogP contribution in [-0.2, 0) is 9.59 Å². The molecule has 0 bridgehead atoms. The van der Waals surface area contributed by atoms with Gasteiger partial charge in [0.2, 0.25) is 6.10 Å². The van der Waals surface area contributed by atoms with Gasteiger partial charge in [0.1, 0.15) is 19.0 Å². The minimum Gasteiger partial charge on any atom is -0.546 e. The van der Waals surface area contributed by atoms with Crippen molar-refractivity contribution in [2.45, 2.75) is 6.10 Å². The molecule has 1 aliphatic heterocycles. The predicted molar refractivity (Wildman–Crippen MR) is 107 cm³/mol. The third-order valence-corrected chi connectivity index (χ3v) is 4.41. The number of hydrogen-bond acceptors (Lipinski definition) is 7. The number of aliphatic carboxylic acids is 1. The first-order valence-corrected chi connectivity index (χ1v) is 9.17. The van der Waals surface area contributed by atoms with Crippen LogP contribution < -0.4 is 24.7 Å². The Kier molecular flexibility index (Phi) is 5.47.